The molecule has 2 unspecified atom stereocenters. The topological polar surface area (TPSA) is 79.6 Å². The van der Waals surface area contributed by atoms with Crippen molar-refractivity contribution in [2.45, 2.75) is 63.3 Å². The second-order valence-corrected chi connectivity index (χ2v) is 10.1. The van der Waals surface area contributed by atoms with E-state index >= 15 is 0 Å². The third-order valence-corrected chi connectivity index (χ3v) is 8.14. The van der Waals surface area contributed by atoms with Gasteiger partial charge in [-0.2, -0.15) is 4.31 Å². The number of fused-ring (bicyclic) bond motifs is 1. The molecule has 1 saturated carbocycles. The maximum Gasteiger partial charge on any atom is 0.287 e. The average molecular weight is 405 g/mol. The molecule has 152 valence electrons. The van der Waals surface area contributed by atoms with Gasteiger partial charge in [0.05, 0.1) is 4.90 Å². The van der Waals surface area contributed by atoms with E-state index in [0.29, 0.717) is 35.5 Å². The Kier molecular flexibility index (Phi) is 5.22. The van der Waals surface area contributed by atoms with Gasteiger partial charge in [0.1, 0.15) is 5.58 Å². The van der Waals surface area contributed by atoms with E-state index in [2.05, 4.69) is 12.2 Å². The summed E-state index contributed by atoms with van der Waals surface area (Å²) in [4.78, 5) is 13.1. The van der Waals surface area contributed by atoms with E-state index in [4.69, 9.17) is 4.42 Å². The van der Waals surface area contributed by atoms with Crippen molar-refractivity contribution in [3.8, 4) is 0 Å². The Morgan fingerprint density at radius 2 is 1.86 bits per heavy atom. The fourth-order valence-electron chi connectivity index (χ4n) is 4.42. The molecule has 2 aromatic rings. The molecule has 7 heteroatoms. The van der Waals surface area contributed by atoms with Crippen LogP contribution in [-0.2, 0) is 10.0 Å². The smallest absolute Gasteiger partial charge is 0.287 e. The first-order valence-electron chi connectivity index (χ1n) is 10.2. The van der Waals surface area contributed by atoms with Crippen molar-refractivity contribution in [3.05, 3.63) is 29.5 Å². The van der Waals surface area contributed by atoms with Crippen LogP contribution in [-0.4, -0.2) is 37.8 Å². The van der Waals surface area contributed by atoms with Crippen molar-refractivity contribution in [1.82, 2.24) is 9.62 Å². The van der Waals surface area contributed by atoms with Crippen molar-refractivity contribution < 1.29 is 17.6 Å². The molecule has 2 fully saturated rings. The molecule has 6 nitrogen and oxygen atoms in total. The highest BCUT2D eigenvalue weighted by molar-refractivity contribution is 7.89. The van der Waals surface area contributed by atoms with Crippen LogP contribution in [0.2, 0.25) is 0 Å². The largest absolute Gasteiger partial charge is 0.451 e. The molecule has 0 radical (unpaired) electrons. The highest BCUT2D eigenvalue weighted by atomic mass is 32.2. The first-order valence-corrected chi connectivity index (χ1v) is 11.7. The lowest BCUT2D eigenvalue weighted by Crippen LogP contribution is -2.41. The fourth-order valence-corrected chi connectivity index (χ4v) is 5.96. The van der Waals surface area contributed by atoms with E-state index in [1.807, 2.05) is 6.92 Å². The minimum absolute atomic E-state index is 0.167. The van der Waals surface area contributed by atoms with Crippen LogP contribution in [0.4, 0.5) is 0 Å². The Morgan fingerprint density at radius 1 is 1.14 bits per heavy atom. The minimum Gasteiger partial charge on any atom is -0.451 e. The first-order chi connectivity index (χ1) is 13.4. The van der Waals surface area contributed by atoms with E-state index in [1.54, 1.807) is 18.2 Å². The second kappa shape index (κ2) is 7.52. The summed E-state index contributed by atoms with van der Waals surface area (Å²) in [7, 11) is -3.50. The number of amides is 1. The molecule has 1 aliphatic carbocycles. The third kappa shape index (κ3) is 3.46. The number of furan rings is 1. The lowest BCUT2D eigenvalue weighted by Gasteiger charge is -2.29. The molecule has 1 N–H and O–H groups in total. The summed E-state index contributed by atoms with van der Waals surface area (Å²) in [5.41, 5.74) is 1.23. The number of aryl methyl sites for hydroxylation is 1. The van der Waals surface area contributed by atoms with E-state index in [9.17, 15) is 13.2 Å². The molecule has 2 heterocycles. The van der Waals surface area contributed by atoms with Gasteiger partial charge >= 0.3 is 0 Å². The Balaban J connectivity index is 1.62. The number of benzene rings is 1. The van der Waals surface area contributed by atoms with Gasteiger partial charge in [0.2, 0.25) is 10.0 Å². The van der Waals surface area contributed by atoms with E-state index in [-0.39, 0.29) is 22.6 Å². The van der Waals surface area contributed by atoms with Gasteiger partial charge < -0.3 is 9.73 Å². The monoisotopic (exact) mass is 404 g/mol. The van der Waals surface area contributed by atoms with Crippen LogP contribution in [0.15, 0.2) is 27.5 Å². The molecule has 1 aliphatic heterocycles. The highest BCUT2D eigenvalue weighted by Crippen LogP contribution is 2.30. The number of nitrogens with zero attached hydrogens (tertiary/aromatic N) is 1. The molecule has 1 saturated heterocycles. The van der Waals surface area contributed by atoms with Gasteiger partial charge in [0.25, 0.3) is 5.91 Å². The summed E-state index contributed by atoms with van der Waals surface area (Å²) in [6.07, 6.45) is 6.26. The first kappa shape index (κ1) is 19.5. The Bertz CT molecular complexity index is 989. The standard InChI is InChI=1S/C21H28N2O4S/c1-14-7-3-4-8-18(14)22-21(24)20-15(2)17-13-16(9-10-19(17)27-20)28(25,26)23-11-5-6-12-23/h9-10,13-14,18H,3-8,11-12H2,1-2H3,(H,22,24). The van der Waals surface area contributed by atoms with Crippen LogP contribution in [0.3, 0.4) is 0 Å². The van der Waals surface area contributed by atoms with Crippen molar-refractivity contribution in [1.29, 1.82) is 0 Å². The maximum absolute atomic E-state index is 12.8. The van der Waals surface area contributed by atoms with Crippen LogP contribution in [0, 0.1) is 12.8 Å². The summed E-state index contributed by atoms with van der Waals surface area (Å²) in [5.74, 6) is 0.527. The van der Waals surface area contributed by atoms with Crippen LogP contribution in [0.5, 0.6) is 0 Å². The zero-order valence-electron chi connectivity index (χ0n) is 16.5. The molecule has 0 spiro atoms. The van der Waals surface area contributed by atoms with Crippen molar-refractivity contribution in [3.63, 3.8) is 0 Å². The van der Waals surface area contributed by atoms with Crippen LogP contribution >= 0.6 is 0 Å². The van der Waals surface area contributed by atoms with Crippen LogP contribution in [0.1, 0.15) is 61.6 Å². The van der Waals surface area contributed by atoms with Crippen molar-refractivity contribution >= 4 is 26.9 Å². The second-order valence-electron chi connectivity index (χ2n) is 8.17. The Labute approximate surface area is 166 Å². The van der Waals surface area contributed by atoms with Gasteiger partial charge in [0.15, 0.2) is 5.76 Å². The Hall–Kier alpha value is -1.86. The summed E-state index contributed by atoms with van der Waals surface area (Å²) in [6, 6.07) is 5.04. The maximum atomic E-state index is 12.8. The number of rotatable bonds is 4. The molecule has 1 aromatic heterocycles. The van der Waals surface area contributed by atoms with E-state index in [0.717, 1.165) is 32.1 Å². The average Bonchev–Trinajstić information content (AvgIpc) is 3.32. The molecule has 2 atom stereocenters. The predicted molar refractivity (Wildman–Crippen MR) is 108 cm³/mol. The summed E-state index contributed by atoms with van der Waals surface area (Å²) < 4.78 is 33.0. The normalized spacial score (nSPS) is 23.9. The van der Waals surface area contributed by atoms with Gasteiger partial charge in [-0.05, 0) is 56.7 Å². The number of nitrogens with one attached hydrogen (secondary N) is 1. The third-order valence-electron chi connectivity index (χ3n) is 6.24. The molecule has 1 amide bonds. The number of hydrogen-bond acceptors (Lipinski definition) is 4. The molecule has 0 bridgehead atoms. The van der Waals surface area contributed by atoms with Gasteiger partial charge in [0, 0.05) is 30.1 Å². The highest BCUT2D eigenvalue weighted by Gasteiger charge is 2.29. The van der Waals surface area contributed by atoms with Crippen molar-refractivity contribution in [2.75, 3.05) is 13.1 Å². The Morgan fingerprint density at radius 3 is 2.57 bits per heavy atom. The SMILES string of the molecule is Cc1c(C(=O)NC2CCCCC2C)oc2ccc(S(=O)(=O)N3CCCC3)cc12. The summed E-state index contributed by atoms with van der Waals surface area (Å²) in [5, 5.41) is 3.80. The zero-order chi connectivity index (χ0) is 19.9. The number of carbonyl (C=O) groups is 1. The predicted octanol–water partition coefficient (Wildman–Crippen LogP) is 3.83. The summed E-state index contributed by atoms with van der Waals surface area (Å²) in [6.45, 7) is 5.12. The number of sulfonamides is 1. The lowest BCUT2D eigenvalue weighted by molar-refractivity contribution is 0.0883. The lowest BCUT2D eigenvalue weighted by atomic mass is 9.86. The van der Waals surface area contributed by atoms with E-state index in [1.165, 1.54) is 10.7 Å². The molecular formula is C21H28N2O4S. The fraction of sp³-hybridized carbons (Fsp3) is 0.571. The molecule has 1 aromatic carbocycles. The minimum atomic E-state index is -3.50. The molecular weight excluding hydrogens is 376 g/mol. The summed E-state index contributed by atoms with van der Waals surface area (Å²) >= 11 is 0. The molecule has 28 heavy (non-hydrogen) atoms. The molecule has 2 aliphatic rings. The quantitative estimate of drug-likeness (QED) is 0.840. The van der Waals surface area contributed by atoms with Gasteiger partial charge in [-0.15, -0.1) is 0 Å². The zero-order valence-corrected chi connectivity index (χ0v) is 17.3. The van der Waals surface area contributed by atoms with Crippen molar-refractivity contribution in [2.24, 2.45) is 5.92 Å². The van der Waals surface area contributed by atoms with Crippen LogP contribution in [0.25, 0.3) is 11.0 Å². The van der Waals surface area contributed by atoms with E-state index < -0.39 is 10.0 Å². The van der Waals surface area contributed by atoms with Gasteiger partial charge in [-0.1, -0.05) is 19.8 Å². The van der Waals surface area contributed by atoms with Crippen LogP contribution < -0.4 is 5.32 Å². The van der Waals surface area contributed by atoms with Gasteiger partial charge in [-0.3, -0.25) is 4.79 Å². The van der Waals surface area contributed by atoms with Gasteiger partial charge in [-0.25, -0.2) is 8.42 Å². The molecule has 4 rings (SSSR count). The number of carbonyl (C=O) groups excluding carboxylic acids is 1. The number of hydrogen-bond donors (Lipinski definition) is 1.